The molecular formula is C7H12N2S. The summed E-state index contributed by atoms with van der Waals surface area (Å²) in [5.74, 6) is 0. The summed E-state index contributed by atoms with van der Waals surface area (Å²) < 4.78 is 1.96. The molecule has 10 heavy (non-hydrogen) atoms. The van der Waals surface area contributed by atoms with Crippen LogP contribution in [0.4, 0.5) is 0 Å². The van der Waals surface area contributed by atoms with Gasteiger partial charge in [-0.2, -0.15) is 0 Å². The van der Waals surface area contributed by atoms with E-state index in [0.29, 0.717) is 12.1 Å². The Bertz CT molecular complexity index is 158. The number of hydrogen-bond acceptors (Lipinski definition) is 3. The second-order valence-electron chi connectivity index (χ2n) is 3.06. The highest BCUT2D eigenvalue weighted by atomic mass is 32.1. The number of thiol groups is 1. The molecule has 1 heterocycles. The number of rotatable bonds is 0. The van der Waals surface area contributed by atoms with Crippen molar-refractivity contribution in [2.75, 3.05) is 0 Å². The maximum Gasteiger partial charge on any atom is 0.0955 e. The molecule has 0 amide bonds. The highest BCUT2D eigenvalue weighted by Gasteiger charge is 2.30. The lowest BCUT2D eigenvalue weighted by molar-refractivity contribution is 0.333. The van der Waals surface area contributed by atoms with Gasteiger partial charge in [-0.1, -0.05) is 25.7 Å². The molecule has 1 aliphatic heterocycles. The van der Waals surface area contributed by atoms with Gasteiger partial charge in [0.25, 0.3) is 0 Å². The molecule has 2 rings (SSSR count). The lowest BCUT2D eigenvalue weighted by Crippen LogP contribution is -2.33. The molecule has 2 unspecified atom stereocenters. The average Bonchev–Trinajstić information content (AvgIpc) is 2.34. The molecule has 0 N–H and O–H groups in total. The Morgan fingerprint density at radius 3 is 3.00 bits per heavy atom. The Hall–Kier alpha value is -0.180. The molecule has 0 aromatic rings. The number of aliphatic imine (C=N–C) groups is 1. The van der Waals surface area contributed by atoms with Crippen LogP contribution in [0.15, 0.2) is 4.99 Å². The molecule has 2 aliphatic rings. The normalized spacial score (nSPS) is 38.3. The predicted molar refractivity (Wildman–Crippen MR) is 45.4 cm³/mol. The van der Waals surface area contributed by atoms with Gasteiger partial charge in [0, 0.05) is 0 Å². The zero-order valence-corrected chi connectivity index (χ0v) is 6.80. The Kier molecular flexibility index (Phi) is 1.60. The summed E-state index contributed by atoms with van der Waals surface area (Å²) >= 11 is 4.30. The molecule has 0 bridgehead atoms. The van der Waals surface area contributed by atoms with Crippen LogP contribution in [0.2, 0.25) is 0 Å². The number of fused-ring (bicyclic) bond motifs is 1. The van der Waals surface area contributed by atoms with Crippen LogP contribution < -0.4 is 0 Å². The van der Waals surface area contributed by atoms with Crippen LogP contribution in [0, 0.1) is 0 Å². The van der Waals surface area contributed by atoms with Crippen LogP contribution in [-0.4, -0.2) is 22.7 Å². The van der Waals surface area contributed by atoms with E-state index in [1.165, 1.54) is 25.7 Å². The first-order valence-corrected chi connectivity index (χ1v) is 4.28. The van der Waals surface area contributed by atoms with E-state index in [9.17, 15) is 0 Å². The maximum absolute atomic E-state index is 4.36. The van der Waals surface area contributed by atoms with Crippen LogP contribution in [0.3, 0.4) is 0 Å². The van der Waals surface area contributed by atoms with E-state index in [0.717, 1.165) is 0 Å². The van der Waals surface area contributed by atoms with Gasteiger partial charge in [-0.3, -0.25) is 4.99 Å². The minimum atomic E-state index is 0.561. The third-order valence-corrected chi connectivity index (χ3v) is 2.81. The van der Waals surface area contributed by atoms with Crippen LogP contribution in [-0.2, 0) is 0 Å². The number of nitrogens with zero attached hydrogens (tertiary/aromatic N) is 2. The summed E-state index contributed by atoms with van der Waals surface area (Å²) in [6.45, 7) is 0. The molecule has 1 fully saturated rings. The molecule has 3 heteroatoms. The van der Waals surface area contributed by atoms with Gasteiger partial charge < -0.3 is 4.31 Å². The summed E-state index contributed by atoms with van der Waals surface area (Å²) in [6, 6.07) is 1.17. The van der Waals surface area contributed by atoms with Crippen molar-refractivity contribution in [1.82, 2.24) is 4.31 Å². The maximum atomic E-state index is 4.36. The second kappa shape index (κ2) is 2.46. The standard InChI is InChI=1S/C7H12N2S/c10-9-5-8-6-3-1-2-4-7(6)9/h5-7,10H,1-4H2. The van der Waals surface area contributed by atoms with Crippen molar-refractivity contribution in [3.63, 3.8) is 0 Å². The van der Waals surface area contributed by atoms with Crippen LogP contribution in [0.5, 0.6) is 0 Å². The van der Waals surface area contributed by atoms with Crippen molar-refractivity contribution >= 4 is 19.2 Å². The first kappa shape index (κ1) is 6.53. The lowest BCUT2D eigenvalue weighted by atomic mass is 9.92. The molecule has 0 radical (unpaired) electrons. The molecule has 1 aliphatic carbocycles. The van der Waals surface area contributed by atoms with E-state index in [1.807, 2.05) is 10.6 Å². The summed E-state index contributed by atoms with van der Waals surface area (Å²) in [4.78, 5) is 4.36. The van der Waals surface area contributed by atoms with Gasteiger partial charge in [0.15, 0.2) is 0 Å². The Balaban J connectivity index is 2.07. The van der Waals surface area contributed by atoms with Crippen molar-refractivity contribution in [3.05, 3.63) is 0 Å². The van der Waals surface area contributed by atoms with E-state index in [2.05, 4.69) is 17.8 Å². The second-order valence-corrected chi connectivity index (χ2v) is 3.53. The van der Waals surface area contributed by atoms with Crippen molar-refractivity contribution in [2.45, 2.75) is 37.8 Å². The van der Waals surface area contributed by atoms with Crippen molar-refractivity contribution < 1.29 is 0 Å². The zero-order chi connectivity index (χ0) is 6.97. The molecule has 0 aromatic heterocycles. The van der Waals surface area contributed by atoms with E-state index >= 15 is 0 Å². The third-order valence-electron chi connectivity index (χ3n) is 2.41. The van der Waals surface area contributed by atoms with Crippen molar-refractivity contribution in [1.29, 1.82) is 0 Å². The fraction of sp³-hybridized carbons (Fsp3) is 0.857. The van der Waals surface area contributed by atoms with Gasteiger partial charge in [0.05, 0.1) is 18.4 Å². The minimum absolute atomic E-state index is 0.561. The topological polar surface area (TPSA) is 15.6 Å². The van der Waals surface area contributed by atoms with Gasteiger partial charge in [-0.25, -0.2) is 0 Å². The van der Waals surface area contributed by atoms with Gasteiger partial charge in [-0.05, 0) is 12.8 Å². The molecule has 0 saturated heterocycles. The zero-order valence-electron chi connectivity index (χ0n) is 5.90. The van der Waals surface area contributed by atoms with Crippen molar-refractivity contribution in [2.24, 2.45) is 4.99 Å². The molecule has 0 spiro atoms. The summed E-state index contributed by atoms with van der Waals surface area (Å²) in [5.41, 5.74) is 0. The highest BCUT2D eigenvalue weighted by Crippen LogP contribution is 2.29. The van der Waals surface area contributed by atoms with E-state index in [-0.39, 0.29) is 0 Å². The van der Waals surface area contributed by atoms with Crippen LogP contribution in [0.25, 0.3) is 0 Å². The molecule has 2 nitrogen and oxygen atoms in total. The molecule has 1 saturated carbocycles. The Morgan fingerprint density at radius 2 is 2.20 bits per heavy atom. The monoisotopic (exact) mass is 156 g/mol. The SMILES string of the molecule is SN1C=NC2CCCCC21. The average molecular weight is 156 g/mol. The van der Waals surface area contributed by atoms with E-state index in [1.54, 1.807) is 0 Å². The summed E-state index contributed by atoms with van der Waals surface area (Å²) in [7, 11) is 0. The lowest BCUT2D eigenvalue weighted by Gasteiger charge is -2.27. The largest absolute Gasteiger partial charge is 0.304 e. The van der Waals surface area contributed by atoms with Crippen molar-refractivity contribution in [3.8, 4) is 0 Å². The quantitative estimate of drug-likeness (QED) is 0.525. The molecular weight excluding hydrogens is 144 g/mol. The minimum Gasteiger partial charge on any atom is -0.304 e. The van der Waals surface area contributed by atoms with Gasteiger partial charge in [0.1, 0.15) is 0 Å². The molecule has 2 atom stereocenters. The van der Waals surface area contributed by atoms with Gasteiger partial charge in [0.2, 0.25) is 0 Å². The fourth-order valence-electron chi connectivity index (χ4n) is 1.81. The smallest absolute Gasteiger partial charge is 0.0955 e. The van der Waals surface area contributed by atoms with Gasteiger partial charge in [-0.15, -0.1) is 0 Å². The molecule has 0 aromatic carbocycles. The van der Waals surface area contributed by atoms with E-state index < -0.39 is 0 Å². The summed E-state index contributed by atoms with van der Waals surface area (Å²) in [5, 5.41) is 0. The third kappa shape index (κ3) is 0.926. The number of hydrogen-bond donors (Lipinski definition) is 1. The van der Waals surface area contributed by atoms with E-state index in [4.69, 9.17) is 0 Å². The fourth-order valence-corrected chi connectivity index (χ4v) is 2.14. The van der Waals surface area contributed by atoms with Gasteiger partial charge >= 0.3 is 0 Å². The predicted octanol–water partition coefficient (Wildman–Crippen LogP) is 1.49. The highest BCUT2D eigenvalue weighted by molar-refractivity contribution is 7.78. The Morgan fingerprint density at radius 1 is 1.40 bits per heavy atom. The molecule has 56 valence electrons. The first-order valence-electron chi connectivity index (χ1n) is 3.88. The first-order chi connectivity index (χ1) is 4.88. The van der Waals surface area contributed by atoms with Crippen LogP contribution >= 0.6 is 12.8 Å². The summed E-state index contributed by atoms with van der Waals surface area (Å²) in [6.07, 6.45) is 7.10. The Labute approximate surface area is 66.9 Å². The van der Waals surface area contributed by atoms with Crippen LogP contribution in [0.1, 0.15) is 25.7 Å².